The van der Waals surface area contributed by atoms with Crippen molar-refractivity contribution < 1.29 is 19.0 Å². The number of hydrogen-bond donors (Lipinski definition) is 1. The van der Waals surface area contributed by atoms with Crippen LogP contribution in [0.25, 0.3) is 11.1 Å². The Labute approximate surface area is 181 Å². The summed E-state index contributed by atoms with van der Waals surface area (Å²) in [5.41, 5.74) is 3.82. The number of hydrogen-bond acceptors (Lipinski definition) is 4. The van der Waals surface area contributed by atoms with E-state index in [4.69, 9.17) is 4.74 Å². The van der Waals surface area contributed by atoms with Crippen LogP contribution >= 0.6 is 15.9 Å². The van der Waals surface area contributed by atoms with Crippen LogP contribution in [0.4, 0.5) is 4.39 Å². The van der Waals surface area contributed by atoms with E-state index in [0.717, 1.165) is 34.0 Å². The molecule has 0 radical (unpaired) electrons. The van der Waals surface area contributed by atoms with Crippen LogP contribution in [-0.2, 0) is 6.61 Å². The van der Waals surface area contributed by atoms with Gasteiger partial charge in [0.1, 0.15) is 18.2 Å². The first-order valence-corrected chi connectivity index (χ1v) is 10.3. The third-order valence-electron chi connectivity index (χ3n) is 4.99. The van der Waals surface area contributed by atoms with E-state index in [1.165, 1.54) is 18.3 Å². The molecule has 152 valence electrons. The Hall–Kier alpha value is -3.06. The minimum atomic E-state index is -1.13. The van der Waals surface area contributed by atoms with Crippen LogP contribution in [0.3, 0.4) is 0 Å². The number of rotatable bonds is 6. The lowest BCUT2D eigenvalue weighted by molar-refractivity contribution is 0.0690. The normalized spacial score (nSPS) is 13.5. The average Bonchev–Trinajstić information content (AvgIpc) is 3.24. The molecule has 0 fully saturated rings. The predicted molar refractivity (Wildman–Crippen MR) is 115 cm³/mol. The molecule has 0 amide bonds. The SMILES string of the molecule is O=C(O)c1cncc(C2=C(c3cc(F)ccc3OCc3ccccc3Br)CCC2)n1. The van der Waals surface area contributed by atoms with Gasteiger partial charge >= 0.3 is 5.97 Å². The van der Waals surface area contributed by atoms with Gasteiger partial charge in [-0.15, -0.1) is 0 Å². The van der Waals surface area contributed by atoms with Crippen LogP contribution in [0, 0.1) is 5.82 Å². The van der Waals surface area contributed by atoms with Crippen molar-refractivity contribution in [3.63, 3.8) is 0 Å². The molecule has 30 heavy (non-hydrogen) atoms. The van der Waals surface area contributed by atoms with Gasteiger partial charge in [0.15, 0.2) is 5.69 Å². The molecule has 1 aliphatic rings. The van der Waals surface area contributed by atoms with Crippen molar-refractivity contribution in [3.8, 4) is 5.75 Å². The van der Waals surface area contributed by atoms with Gasteiger partial charge < -0.3 is 9.84 Å². The van der Waals surface area contributed by atoms with Gasteiger partial charge in [-0.3, -0.25) is 4.98 Å². The molecule has 0 spiro atoms. The molecule has 0 bridgehead atoms. The van der Waals surface area contributed by atoms with Gasteiger partial charge in [0.05, 0.1) is 18.1 Å². The third kappa shape index (κ3) is 4.26. The van der Waals surface area contributed by atoms with Crippen LogP contribution in [0.15, 0.2) is 59.3 Å². The summed E-state index contributed by atoms with van der Waals surface area (Å²) < 4.78 is 21.1. The lowest BCUT2D eigenvalue weighted by atomic mass is 9.99. The van der Waals surface area contributed by atoms with Gasteiger partial charge in [-0.1, -0.05) is 34.1 Å². The third-order valence-corrected chi connectivity index (χ3v) is 5.76. The Kier molecular flexibility index (Phi) is 5.90. The zero-order chi connectivity index (χ0) is 21.1. The van der Waals surface area contributed by atoms with Crippen molar-refractivity contribution in [3.05, 3.63) is 87.7 Å². The van der Waals surface area contributed by atoms with Gasteiger partial charge in [-0.05, 0) is 54.7 Å². The molecule has 1 heterocycles. The van der Waals surface area contributed by atoms with Crippen molar-refractivity contribution in [1.82, 2.24) is 9.97 Å². The standard InChI is InChI=1S/C23H18BrFN2O3/c24-19-7-2-1-4-14(19)13-30-22-9-8-15(25)10-18(22)16-5-3-6-17(16)20-11-26-12-21(27-20)23(28)29/h1-2,4,7-12H,3,5-6,13H2,(H,28,29). The first-order chi connectivity index (χ1) is 14.5. The summed E-state index contributed by atoms with van der Waals surface area (Å²) in [6.07, 6.45) is 5.07. The Morgan fingerprint density at radius 2 is 1.93 bits per heavy atom. The molecule has 2 aromatic carbocycles. The minimum Gasteiger partial charge on any atom is -0.488 e. The van der Waals surface area contributed by atoms with Gasteiger partial charge in [0.2, 0.25) is 0 Å². The number of carbonyl (C=O) groups is 1. The van der Waals surface area contributed by atoms with Gasteiger partial charge in [0, 0.05) is 15.6 Å². The molecule has 1 aromatic heterocycles. The Morgan fingerprint density at radius 1 is 1.13 bits per heavy atom. The zero-order valence-corrected chi connectivity index (χ0v) is 17.5. The summed E-state index contributed by atoms with van der Waals surface area (Å²) in [5.74, 6) is -0.918. The van der Waals surface area contributed by atoms with E-state index in [9.17, 15) is 14.3 Å². The highest BCUT2D eigenvalue weighted by atomic mass is 79.9. The highest BCUT2D eigenvalue weighted by Crippen LogP contribution is 2.42. The minimum absolute atomic E-state index is 0.115. The topological polar surface area (TPSA) is 72.3 Å². The quantitative estimate of drug-likeness (QED) is 0.498. The summed E-state index contributed by atoms with van der Waals surface area (Å²) in [7, 11) is 0. The number of ether oxygens (including phenoxy) is 1. The first-order valence-electron chi connectivity index (χ1n) is 9.47. The van der Waals surface area contributed by atoms with Crippen molar-refractivity contribution in [1.29, 1.82) is 0 Å². The van der Waals surface area contributed by atoms with E-state index in [1.54, 1.807) is 12.3 Å². The van der Waals surface area contributed by atoms with Crippen LogP contribution in [0.2, 0.25) is 0 Å². The fraction of sp³-hybridized carbons (Fsp3) is 0.174. The van der Waals surface area contributed by atoms with E-state index in [1.807, 2.05) is 24.3 Å². The Balaban J connectivity index is 1.72. The van der Waals surface area contributed by atoms with Gasteiger partial charge in [-0.25, -0.2) is 14.2 Å². The van der Waals surface area contributed by atoms with E-state index < -0.39 is 5.97 Å². The maximum Gasteiger partial charge on any atom is 0.356 e. The van der Waals surface area contributed by atoms with E-state index in [-0.39, 0.29) is 11.5 Å². The molecule has 1 aliphatic carbocycles. The average molecular weight is 469 g/mol. The van der Waals surface area contributed by atoms with Crippen LogP contribution < -0.4 is 4.74 Å². The second kappa shape index (κ2) is 8.75. The molecule has 0 atom stereocenters. The van der Waals surface area contributed by atoms with Gasteiger partial charge in [0.25, 0.3) is 0 Å². The zero-order valence-electron chi connectivity index (χ0n) is 15.9. The maximum absolute atomic E-state index is 14.1. The highest BCUT2D eigenvalue weighted by molar-refractivity contribution is 9.10. The fourth-order valence-electron chi connectivity index (χ4n) is 3.57. The Bertz CT molecular complexity index is 1150. The Morgan fingerprint density at radius 3 is 2.73 bits per heavy atom. The van der Waals surface area contributed by atoms with E-state index in [0.29, 0.717) is 30.0 Å². The number of benzene rings is 2. The summed E-state index contributed by atoms with van der Waals surface area (Å²) in [4.78, 5) is 19.5. The van der Waals surface area contributed by atoms with E-state index in [2.05, 4.69) is 25.9 Å². The fourth-order valence-corrected chi connectivity index (χ4v) is 3.97. The molecule has 3 aromatic rings. The first kappa shape index (κ1) is 20.2. The molecule has 0 saturated heterocycles. The molecule has 0 unspecified atom stereocenters. The molecular weight excluding hydrogens is 451 g/mol. The number of nitrogens with zero attached hydrogens (tertiary/aromatic N) is 2. The predicted octanol–water partition coefficient (Wildman–Crippen LogP) is 5.75. The number of carboxylic acids is 1. The highest BCUT2D eigenvalue weighted by Gasteiger charge is 2.23. The molecule has 1 N–H and O–H groups in total. The largest absolute Gasteiger partial charge is 0.488 e. The van der Waals surface area contributed by atoms with Crippen molar-refractivity contribution >= 4 is 33.0 Å². The van der Waals surface area contributed by atoms with Crippen LogP contribution in [0.5, 0.6) is 5.75 Å². The van der Waals surface area contributed by atoms with Crippen molar-refractivity contribution in [2.75, 3.05) is 0 Å². The summed E-state index contributed by atoms with van der Waals surface area (Å²) in [5, 5.41) is 9.22. The second-order valence-corrected chi connectivity index (χ2v) is 7.78. The van der Waals surface area contributed by atoms with Crippen molar-refractivity contribution in [2.45, 2.75) is 25.9 Å². The van der Waals surface area contributed by atoms with Crippen LogP contribution in [-0.4, -0.2) is 21.0 Å². The second-order valence-electron chi connectivity index (χ2n) is 6.93. The molecule has 4 rings (SSSR count). The van der Waals surface area contributed by atoms with Gasteiger partial charge in [-0.2, -0.15) is 0 Å². The number of halogens is 2. The molecule has 7 heteroatoms. The molecule has 0 saturated carbocycles. The molecule has 0 aliphatic heterocycles. The van der Waals surface area contributed by atoms with Crippen molar-refractivity contribution in [2.24, 2.45) is 0 Å². The molecular formula is C23H18BrFN2O3. The monoisotopic (exact) mass is 468 g/mol. The molecule has 5 nitrogen and oxygen atoms in total. The summed E-state index contributed by atoms with van der Waals surface area (Å²) in [6.45, 7) is 0.330. The van der Waals surface area contributed by atoms with Crippen LogP contribution in [0.1, 0.15) is 46.6 Å². The number of allylic oxidation sites excluding steroid dienone is 2. The summed E-state index contributed by atoms with van der Waals surface area (Å²) in [6, 6.07) is 12.2. The maximum atomic E-state index is 14.1. The lowest BCUT2D eigenvalue weighted by Crippen LogP contribution is -2.04. The number of aromatic carboxylic acids is 1. The summed E-state index contributed by atoms with van der Waals surface area (Å²) >= 11 is 3.51. The number of carboxylic acid groups (broad SMARTS) is 1. The number of aromatic nitrogens is 2. The smallest absolute Gasteiger partial charge is 0.356 e. The lowest BCUT2D eigenvalue weighted by Gasteiger charge is -2.15. The van der Waals surface area contributed by atoms with E-state index >= 15 is 0 Å².